The summed E-state index contributed by atoms with van der Waals surface area (Å²) >= 11 is 0. The van der Waals surface area contributed by atoms with Crippen LogP contribution in [0, 0.1) is 4.91 Å². The quantitative estimate of drug-likeness (QED) is 0.363. The fourth-order valence-electron chi connectivity index (χ4n) is 0.611. The van der Waals surface area contributed by atoms with Crippen LogP contribution < -0.4 is 0 Å². The van der Waals surface area contributed by atoms with Gasteiger partial charge < -0.3 is 4.43 Å². The van der Waals surface area contributed by atoms with Crippen LogP contribution in [-0.4, -0.2) is 26.5 Å². The van der Waals surface area contributed by atoms with Gasteiger partial charge in [-0.05, 0) is 19.6 Å². The summed E-state index contributed by atoms with van der Waals surface area (Å²) in [4.78, 5) is 10.1. The predicted molar refractivity (Wildman–Crippen MR) is 52.0 cm³/mol. The zero-order chi connectivity index (χ0) is 9.61. The van der Waals surface area contributed by atoms with Gasteiger partial charge in [-0.25, -0.2) is 5.01 Å². The molecule has 0 aromatic carbocycles. The molecule has 0 heterocycles. The molecular weight excluding hydrogens is 172 g/mol. The number of hydrogen-bond acceptors (Lipinski definition) is 3. The maximum absolute atomic E-state index is 10.1. The maximum atomic E-state index is 10.1. The van der Waals surface area contributed by atoms with Crippen LogP contribution in [0.1, 0.15) is 0 Å². The zero-order valence-electron chi connectivity index (χ0n) is 7.91. The largest absolute Gasteiger partial charge is 0.416 e. The van der Waals surface area contributed by atoms with Crippen molar-refractivity contribution in [3.63, 3.8) is 0 Å². The Kier molecular flexibility index (Phi) is 4.76. The van der Waals surface area contributed by atoms with Crippen molar-refractivity contribution >= 4 is 8.32 Å². The van der Waals surface area contributed by atoms with Crippen LogP contribution in [0.5, 0.6) is 0 Å². The second kappa shape index (κ2) is 5.05. The summed E-state index contributed by atoms with van der Waals surface area (Å²) in [5.74, 6) is 0. The molecule has 0 fully saturated rings. The number of nitroso groups, excluding NO2 is 1. The van der Waals surface area contributed by atoms with Crippen LogP contribution in [0.25, 0.3) is 0 Å². The van der Waals surface area contributed by atoms with Crippen molar-refractivity contribution in [1.82, 2.24) is 5.01 Å². The molecule has 5 heteroatoms. The number of hydrogen-bond donors (Lipinski definition) is 0. The van der Waals surface area contributed by atoms with Gasteiger partial charge in [-0.1, -0.05) is 6.58 Å². The normalized spacial score (nSPS) is 10.9. The zero-order valence-corrected chi connectivity index (χ0v) is 8.91. The first-order valence-electron chi connectivity index (χ1n) is 3.86. The molecule has 70 valence electrons. The van der Waals surface area contributed by atoms with E-state index in [1.165, 1.54) is 11.2 Å². The Morgan fingerprint density at radius 3 is 2.50 bits per heavy atom. The van der Waals surface area contributed by atoms with E-state index in [9.17, 15) is 4.91 Å². The van der Waals surface area contributed by atoms with E-state index in [-0.39, 0.29) is 0 Å². The summed E-state index contributed by atoms with van der Waals surface area (Å²) in [7, 11) is -1.45. The molecule has 0 aliphatic carbocycles. The smallest absolute Gasteiger partial charge is 0.183 e. The van der Waals surface area contributed by atoms with Crippen molar-refractivity contribution in [3.05, 3.63) is 17.7 Å². The number of nitrogens with zero attached hydrogens (tertiary/aromatic N) is 2. The van der Waals surface area contributed by atoms with Crippen molar-refractivity contribution in [2.24, 2.45) is 5.29 Å². The fraction of sp³-hybridized carbons (Fsp3) is 0.714. The van der Waals surface area contributed by atoms with Crippen LogP contribution in [0.4, 0.5) is 0 Å². The van der Waals surface area contributed by atoms with Crippen LogP contribution in [0.2, 0.25) is 19.6 Å². The molecule has 0 unspecified atom stereocenters. The molecule has 0 amide bonds. The molecule has 0 rings (SSSR count). The van der Waals surface area contributed by atoms with Crippen molar-refractivity contribution in [2.75, 3.05) is 13.2 Å². The first-order chi connectivity index (χ1) is 5.49. The molecule has 4 nitrogen and oxygen atoms in total. The lowest BCUT2D eigenvalue weighted by molar-refractivity contribution is 0.253. The first-order valence-corrected chi connectivity index (χ1v) is 7.27. The van der Waals surface area contributed by atoms with E-state index in [0.29, 0.717) is 13.2 Å². The molecule has 0 aliphatic rings. The Balaban J connectivity index is 3.55. The van der Waals surface area contributed by atoms with Crippen molar-refractivity contribution in [2.45, 2.75) is 19.6 Å². The van der Waals surface area contributed by atoms with Crippen LogP contribution in [0.3, 0.4) is 0 Å². The highest BCUT2D eigenvalue weighted by molar-refractivity contribution is 6.69. The second-order valence-corrected chi connectivity index (χ2v) is 7.90. The third-order valence-electron chi connectivity index (χ3n) is 1.17. The molecule has 0 aromatic rings. The lowest BCUT2D eigenvalue weighted by Crippen LogP contribution is -2.29. The summed E-state index contributed by atoms with van der Waals surface area (Å²) in [6.07, 6.45) is 1.39. The molecule has 0 spiro atoms. The lowest BCUT2D eigenvalue weighted by atomic mass is 10.7. The van der Waals surface area contributed by atoms with E-state index in [1.807, 2.05) is 0 Å². The van der Waals surface area contributed by atoms with Gasteiger partial charge in [0.25, 0.3) is 0 Å². The Labute approximate surface area is 74.3 Å². The van der Waals surface area contributed by atoms with E-state index in [2.05, 4.69) is 31.5 Å². The predicted octanol–water partition coefficient (Wildman–Crippen LogP) is 1.96. The second-order valence-electron chi connectivity index (χ2n) is 3.39. The third kappa shape index (κ3) is 6.05. The molecule has 0 atom stereocenters. The summed E-state index contributed by atoms with van der Waals surface area (Å²) in [5.41, 5.74) is 0. The molecular formula is C7H16N2O2Si. The lowest BCUT2D eigenvalue weighted by Gasteiger charge is -2.18. The highest BCUT2D eigenvalue weighted by atomic mass is 28.4. The standard InChI is InChI=1S/C7H16N2O2Si/c1-5-9(8-10)6-7-11-12(2,3)4/h5H,1,6-7H2,2-4H3. The Bertz CT molecular complexity index is 148. The van der Waals surface area contributed by atoms with Crippen molar-refractivity contribution in [3.8, 4) is 0 Å². The van der Waals surface area contributed by atoms with Crippen molar-refractivity contribution in [1.29, 1.82) is 0 Å². The fourth-order valence-corrected chi connectivity index (χ4v) is 1.31. The summed E-state index contributed by atoms with van der Waals surface area (Å²) in [6, 6.07) is 0. The van der Waals surface area contributed by atoms with Gasteiger partial charge in [0.2, 0.25) is 0 Å². The minimum Gasteiger partial charge on any atom is -0.416 e. The van der Waals surface area contributed by atoms with Gasteiger partial charge in [0.1, 0.15) is 0 Å². The average Bonchev–Trinajstić information content (AvgIpc) is 1.96. The van der Waals surface area contributed by atoms with Gasteiger partial charge >= 0.3 is 0 Å². The third-order valence-corrected chi connectivity index (χ3v) is 2.24. The van der Waals surface area contributed by atoms with Crippen LogP contribution in [0.15, 0.2) is 18.1 Å². The van der Waals surface area contributed by atoms with E-state index >= 15 is 0 Å². The van der Waals surface area contributed by atoms with Gasteiger partial charge in [-0.15, -0.1) is 4.91 Å². The Hall–Kier alpha value is -0.683. The Morgan fingerprint density at radius 2 is 2.17 bits per heavy atom. The van der Waals surface area contributed by atoms with Crippen LogP contribution in [-0.2, 0) is 4.43 Å². The van der Waals surface area contributed by atoms with Gasteiger partial charge in [-0.3, -0.25) is 0 Å². The van der Waals surface area contributed by atoms with Gasteiger partial charge in [0.15, 0.2) is 8.32 Å². The van der Waals surface area contributed by atoms with Gasteiger partial charge in [-0.2, -0.15) is 0 Å². The molecule has 0 saturated heterocycles. The number of rotatable bonds is 6. The monoisotopic (exact) mass is 188 g/mol. The summed E-state index contributed by atoms with van der Waals surface area (Å²) in [5, 5.41) is 3.95. The van der Waals surface area contributed by atoms with Gasteiger partial charge in [0.05, 0.1) is 18.4 Å². The van der Waals surface area contributed by atoms with E-state index in [4.69, 9.17) is 4.43 Å². The average molecular weight is 188 g/mol. The van der Waals surface area contributed by atoms with Crippen molar-refractivity contribution < 1.29 is 4.43 Å². The van der Waals surface area contributed by atoms with Gasteiger partial charge in [0, 0.05) is 6.20 Å². The molecule has 0 saturated carbocycles. The first kappa shape index (κ1) is 11.3. The Morgan fingerprint density at radius 1 is 1.58 bits per heavy atom. The molecule has 0 N–H and O–H groups in total. The molecule has 0 bridgehead atoms. The summed E-state index contributed by atoms with van der Waals surface area (Å²) < 4.78 is 5.51. The van der Waals surface area contributed by atoms with E-state index in [0.717, 1.165) is 0 Å². The van der Waals surface area contributed by atoms with E-state index < -0.39 is 8.32 Å². The maximum Gasteiger partial charge on any atom is 0.183 e. The SMILES string of the molecule is C=CN(CCO[Si](C)(C)C)N=O. The van der Waals surface area contributed by atoms with Crippen LogP contribution >= 0.6 is 0 Å². The molecule has 0 aromatic heterocycles. The van der Waals surface area contributed by atoms with E-state index in [1.54, 1.807) is 0 Å². The minimum atomic E-state index is -1.45. The highest BCUT2D eigenvalue weighted by Crippen LogP contribution is 2.02. The molecule has 12 heavy (non-hydrogen) atoms. The minimum absolute atomic E-state index is 0.483. The molecule has 0 aliphatic heterocycles. The molecule has 0 radical (unpaired) electrons. The topological polar surface area (TPSA) is 41.9 Å². The summed E-state index contributed by atoms with van der Waals surface area (Å²) in [6.45, 7) is 10.7. The highest BCUT2D eigenvalue weighted by Gasteiger charge is 2.13.